The summed E-state index contributed by atoms with van der Waals surface area (Å²) in [5.41, 5.74) is 7.01. The van der Waals surface area contributed by atoms with Gasteiger partial charge in [-0.2, -0.15) is 0 Å². The average molecular weight is 460 g/mol. The first-order valence-corrected chi connectivity index (χ1v) is 11.0. The fourth-order valence-electron chi connectivity index (χ4n) is 3.57. The van der Waals surface area contributed by atoms with Crippen molar-refractivity contribution in [2.24, 2.45) is 0 Å². The van der Waals surface area contributed by atoms with E-state index < -0.39 is 6.09 Å². The van der Waals surface area contributed by atoms with Crippen LogP contribution in [-0.2, 0) is 0 Å². The largest absolute Gasteiger partial charge is 0.465 e. The van der Waals surface area contributed by atoms with Crippen LogP contribution in [0.25, 0.3) is 11.2 Å². The molecule has 1 amide bonds. The quantitative estimate of drug-likeness (QED) is 0.600. The van der Waals surface area contributed by atoms with Crippen LogP contribution >= 0.6 is 23.4 Å². The molecular weight excluding hydrogens is 438 g/mol. The van der Waals surface area contributed by atoms with Crippen molar-refractivity contribution in [2.75, 3.05) is 30.8 Å². The summed E-state index contributed by atoms with van der Waals surface area (Å²) in [6, 6.07) is 5.57. The topological polar surface area (TPSA) is 121 Å². The van der Waals surface area contributed by atoms with E-state index in [1.165, 1.54) is 16.7 Å². The zero-order chi connectivity index (χ0) is 22.0. The van der Waals surface area contributed by atoms with E-state index in [2.05, 4.69) is 19.9 Å². The molecule has 1 unspecified atom stereocenters. The van der Waals surface area contributed by atoms with E-state index in [0.29, 0.717) is 16.2 Å². The fraction of sp³-hybridized carbons (Fsp3) is 0.350. The van der Waals surface area contributed by atoms with Crippen LogP contribution in [-0.4, -0.2) is 62.2 Å². The van der Waals surface area contributed by atoms with Gasteiger partial charge in [-0.3, -0.25) is 0 Å². The van der Waals surface area contributed by atoms with E-state index in [1.807, 2.05) is 12.1 Å². The Labute approximate surface area is 188 Å². The molecule has 1 aliphatic rings. The van der Waals surface area contributed by atoms with Crippen molar-refractivity contribution in [1.82, 2.24) is 24.8 Å². The third kappa shape index (κ3) is 4.75. The first kappa shape index (κ1) is 21.4. The maximum atomic E-state index is 11.3. The van der Waals surface area contributed by atoms with Crippen molar-refractivity contribution in [2.45, 2.75) is 35.2 Å². The molecular formula is C20H22ClN7O2S. The Morgan fingerprint density at radius 2 is 2.10 bits per heavy atom. The molecule has 0 radical (unpaired) electrons. The molecule has 9 nitrogen and oxygen atoms in total. The number of carbonyl (C=O) groups is 1. The van der Waals surface area contributed by atoms with E-state index in [-0.39, 0.29) is 11.9 Å². The summed E-state index contributed by atoms with van der Waals surface area (Å²) in [7, 11) is 1.63. The highest BCUT2D eigenvalue weighted by Crippen LogP contribution is 2.34. The van der Waals surface area contributed by atoms with Gasteiger partial charge in [0.15, 0.2) is 5.65 Å². The lowest BCUT2D eigenvalue weighted by molar-refractivity contribution is 0.135. The molecule has 0 bridgehead atoms. The second kappa shape index (κ2) is 9.11. The smallest absolute Gasteiger partial charge is 0.407 e. The molecule has 11 heteroatoms. The number of nitrogen functional groups attached to an aromatic ring is 1. The molecule has 1 atom stereocenters. The number of rotatable bonds is 4. The molecule has 1 aliphatic heterocycles. The van der Waals surface area contributed by atoms with Crippen molar-refractivity contribution >= 4 is 52.3 Å². The van der Waals surface area contributed by atoms with Crippen LogP contribution in [0.3, 0.4) is 0 Å². The van der Waals surface area contributed by atoms with Gasteiger partial charge in [0.25, 0.3) is 0 Å². The van der Waals surface area contributed by atoms with E-state index in [0.717, 1.165) is 48.1 Å². The minimum absolute atomic E-state index is 0.0196. The predicted molar refractivity (Wildman–Crippen MR) is 121 cm³/mol. The number of pyridine rings is 2. The summed E-state index contributed by atoms with van der Waals surface area (Å²) in [6.07, 6.45) is 4.93. The van der Waals surface area contributed by atoms with Crippen LogP contribution in [0.1, 0.15) is 19.3 Å². The Morgan fingerprint density at radius 3 is 2.90 bits per heavy atom. The fourth-order valence-corrected chi connectivity index (χ4v) is 4.61. The number of fused-ring (bicyclic) bond motifs is 1. The lowest BCUT2D eigenvalue weighted by atomic mass is 10.1. The van der Waals surface area contributed by atoms with Gasteiger partial charge in [-0.1, -0.05) is 23.4 Å². The zero-order valence-electron chi connectivity index (χ0n) is 16.9. The highest BCUT2D eigenvalue weighted by Gasteiger charge is 2.24. The number of amides is 1. The molecule has 1 fully saturated rings. The summed E-state index contributed by atoms with van der Waals surface area (Å²) >= 11 is 7.61. The Morgan fingerprint density at radius 1 is 1.26 bits per heavy atom. The predicted octanol–water partition coefficient (Wildman–Crippen LogP) is 3.78. The van der Waals surface area contributed by atoms with Crippen LogP contribution in [0, 0.1) is 0 Å². The Bertz CT molecular complexity index is 1120. The number of aromatic nitrogens is 4. The van der Waals surface area contributed by atoms with Crippen LogP contribution in [0.5, 0.6) is 0 Å². The normalized spacial score (nSPS) is 16.8. The van der Waals surface area contributed by atoms with Gasteiger partial charge in [-0.25, -0.2) is 24.7 Å². The van der Waals surface area contributed by atoms with Crippen molar-refractivity contribution < 1.29 is 9.90 Å². The summed E-state index contributed by atoms with van der Waals surface area (Å²) in [5.74, 6) is 1.06. The standard InChI is InChI=1S/C20H22ClN7O2S/c1-27(20(29)30)12-3-2-9-28(10-7-12)15-11-24-19-13(25-15)4-5-16(26-19)31-14-6-8-23-18(22)17(14)21/h4-6,8,11-12H,2-3,7,9-10H2,1H3,(H2,22,23)(H,29,30). The second-order valence-electron chi connectivity index (χ2n) is 7.30. The zero-order valence-corrected chi connectivity index (χ0v) is 18.5. The highest BCUT2D eigenvalue weighted by atomic mass is 35.5. The van der Waals surface area contributed by atoms with Gasteiger partial charge >= 0.3 is 6.09 Å². The Kier molecular flexibility index (Phi) is 6.28. The first-order valence-electron chi connectivity index (χ1n) is 9.84. The van der Waals surface area contributed by atoms with Crippen molar-refractivity contribution in [3.05, 3.63) is 35.6 Å². The number of carboxylic acid groups (broad SMARTS) is 1. The van der Waals surface area contributed by atoms with Gasteiger partial charge in [-0.15, -0.1) is 0 Å². The Balaban J connectivity index is 1.50. The van der Waals surface area contributed by atoms with Crippen molar-refractivity contribution in [1.29, 1.82) is 0 Å². The number of anilines is 2. The molecule has 3 N–H and O–H groups in total. The van der Waals surface area contributed by atoms with Gasteiger partial charge < -0.3 is 20.6 Å². The molecule has 162 valence electrons. The maximum absolute atomic E-state index is 11.3. The SMILES string of the molecule is CN(C(=O)O)C1CCCN(c2cnc3nc(Sc4ccnc(N)c4Cl)ccc3n2)CC1. The highest BCUT2D eigenvalue weighted by molar-refractivity contribution is 7.99. The van der Waals surface area contributed by atoms with Crippen LogP contribution in [0.2, 0.25) is 5.02 Å². The summed E-state index contributed by atoms with van der Waals surface area (Å²) in [6.45, 7) is 1.54. The minimum Gasteiger partial charge on any atom is -0.465 e. The number of nitrogens with two attached hydrogens (primary N) is 1. The number of hydrogen-bond donors (Lipinski definition) is 2. The number of nitrogens with zero attached hydrogens (tertiary/aromatic N) is 6. The third-order valence-corrected chi connectivity index (χ3v) is 6.84. The van der Waals surface area contributed by atoms with Crippen LogP contribution in [0.4, 0.5) is 16.4 Å². The monoisotopic (exact) mass is 459 g/mol. The van der Waals surface area contributed by atoms with E-state index in [9.17, 15) is 9.90 Å². The van der Waals surface area contributed by atoms with Crippen molar-refractivity contribution in [3.8, 4) is 0 Å². The summed E-state index contributed by atoms with van der Waals surface area (Å²) in [4.78, 5) is 33.4. The third-order valence-electron chi connectivity index (χ3n) is 5.33. The molecule has 3 aromatic heterocycles. The van der Waals surface area contributed by atoms with Crippen molar-refractivity contribution in [3.63, 3.8) is 0 Å². The molecule has 0 spiro atoms. The molecule has 1 saturated heterocycles. The second-order valence-corrected chi connectivity index (χ2v) is 8.74. The summed E-state index contributed by atoms with van der Waals surface area (Å²) < 4.78 is 0. The Hall–Kier alpha value is -2.85. The first-order chi connectivity index (χ1) is 14.9. The average Bonchev–Trinajstić information content (AvgIpc) is 3.02. The van der Waals surface area contributed by atoms with Crippen LogP contribution < -0.4 is 10.6 Å². The minimum atomic E-state index is -0.889. The lowest BCUT2D eigenvalue weighted by Gasteiger charge is -2.25. The maximum Gasteiger partial charge on any atom is 0.407 e. The molecule has 4 heterocycles. The van der Waals surface area contributed by atoms with Gasteiger partial charge in [0.1, 0.15) is 22.2 Å². The van der Waals surface area contributed by atoms with E-state index in [4.69, 9.17) is 22.3 Å². The van der Waals surface area contributed by atoms with Gasteiger partial charge in [0.2, 0.25) is 0 Å². The van der Waals surface area contributed by atoms with Crippen LogP contribution in [0.15, 0.2) is 40.5 Å². The molecule has 0 aromatic carbocycles. The lowest BCUT2D eigenvalue weighted by Crippen LogP contribution is -2.36. The van der Waals surface area contributed by atoms with Gasteiger partial charge in [-0.05, 0) is 37.5 Å². The van der Waals surface area contributed by atoms with E-state index >= 15 is 0 Å². The van der Waals surface area contributed by atoms with Gasteiger partial charge in [0.05, 0.1) is 11.2 Å². The summed E-state index contributed by atoms with van der Waals surface area (Å²) in [5, 5.41) is 10.4. The molecule has 3 aromatic rings. The number of halogens is 1. The molecule has 4 rings (SSSR count). The molecule has 0 aliphatic carbocycles. The van der Waals surface area contributed by atoms with E-state index in [1.54, 1.807) is 25.5 Å². The number of hydrogen-bond acceptors (Lipinski definition) is 8. The molecule has 31 heavy (non-hydrogen) atoms. The molecule has 0 saturated carbocycles. The van der Waals surface area contributed by atoms with Gasteiger partial charge in [0, 0.05) is 37.3 Å².